The van der Waals surface area contributed by atoms with Crippen molar-refractivity contribution in [3.63, 3.8) is 0 Å². The van der Waals surface area contributed by atoms with Gasteiger partial charge in [0, 0.05) is 35.8 Å². The van der Waals surface area contributed by atoms with Crippen LogP contribution < -0.4 is 10.6 Å². The Morgan fingerprint density at radius 3 is 2.66 bits per heavy atom. The monoisotopic (exact) mass is 548 g/mol. The van der Waals surface area contributed by atoms with Crippen molar-refractivity contribution in [1.82, 2.24) is 25.4 Å². The molecular formula is C20H33IN6S2. The summed E-state index contributed by atoms with van der Waals surface area (Å²) in [6, 6.07) is 5.00. The number of nitrogens with zero attached hydrogens (tertiary/aromatic N) is 4. The fourth-order valence-electron chi connectivity index (χ4n) is 3.70. The summed E-state index contributed by atoms with van der Waals surface area (Å²) in [5, 5.41) is 16.8. The minimum atomic E-state index is 0. The van der Waals surface area contributed by atoms with Gasteiger partial charge in [0.2, 0.25) is 0 Å². The molecule has 0 amide bonds. The van der Waals surface area contributed by atoms with E-state index < -0.39 is 0 Å². The lowest BCUT2D eigenvalue weighted by atomic mass is 10.2. The lowest BCUT2D eigenvalue weighted by Crippen LogP contribution is -2.37. The maximum absolute atomic E-state index is 4.47. The van der Waals surface area contributed by atoms with Crippen molar-refractivity contribution in [3.8, 4) is 0 Å². The summed E-state index contributed by atoms with van der Waals surface area (Å²) in [6.07, 6.45) is 10.3. The number of aromatic nitrogens is 3. The van der Waals surface area contributed by atoms with Crippen molar-refractivity contribution in [3.05, 3.63) is 27.7 Å². The molecular weight excluding hydrogens is 515 g/mol. The van der Waals surface area contributed by atoms with E-state index in [9.17, 15) is 0 Å². The molecule has 0 aromatic carbocycles. The molecule has 3 rings (SSSR count). The topological polar surface area (TPSA) is 67.1 Å². The molecule has 2 aromatic heterocycles. The van der Waals surface area contributed by atoms with E-state index in [1.807, 2.05) is 18.4 Å². The van der Waals surface area contributed by atoms with Crippen molar-refractivity contribution in [2.24, 2.45) is 4.99 Å². The highest BCUT2D eigenvalue weighted by molar-refractivity contribution is 14.0. The first-order valence-corrected chi connectivity index (χ1v) is 12.3. The first-order chi connectivity index (χ1) is 13.7. The molecule has 1 aliphatic rings. The normalized spacial score (nSPS) is 14.8. The molecule has 6 nitrogen and oxygen atoms in total. The maximum Gasteiger partial charge on any atom is 0.191 e. The lowest BCUT2D eigenvalue weighted by Gasteiger charge is -2.16. The van der Waals surface area contributed by atoms with Crippen LogP contribution in [0.3, 0.4) is 0 Å². The van der Waals surface area contributed by atoms with Gasteiger partial charge in [0.25, 0.3) is 0 Å². The van der Waals surface area contributed by atoms with Gasteiger partial charge < -0.3 is 15.2 Å². The number of aryl methyl sites for hydroxylation is 2. The Labute approximate surface area is 199 Å². The van der Waals surface area contributed by atoms with Gasteiger partial charge in [-0.2, -0.15) is 0 Å². The van der Waals surface area contributed by atoms with Gasteiger partial charge >= 0.3 is 0 Å². The van der Waals surface area contributed by atoms with E-state index >= 15 is 0 Å². The van der Waals surface area contributed by atoms with Gasteiger partial charge in [-0.3, -0.25) is 4.99 Å². The standard InChI is InChI=1S/C20H32N6S2.HI/c1-4-16-11-12-17(28-16)14-23-19(21-2)22-13-7-10-18-24-25-20(27-3)26(18)15-8-5-6-9-15;/h11-12,15H,4-10,13-14H2,1-3H3,(H2,21,22,23);1H. The second kappa shape index (κ2) is 12.8. The van der Waals surface area contributed by atoms with E-state index in [1.165, 1.54) is 35.4 Å². The van der Waals surface area contributed by atoms with Gasteiger partial charge in [-0.25, -0.2) is 0 Å². The highest BCUT2D eigenvalue weighted by Gasteiger charge is 2.23. The number of rotatable bonds is 9. The third-order valence-electron chi connectivity index (χ3n) is 5.20. The number of thiophene rings is 1. The molecule has 2 heterocycles. The summed E-state index contributed by atoms with van der Waals surface area (Å²) >= 11 is 3.57. The number of halogens is 1. The second-order valence-corrected chi connectivity index (χ2v) is 9.12. The summed E-state index contributed by atoms with van der Waals surface area (Å²) in [5.74, 6) is 1.99. The Morgan fingerprint density at radius 2 is 2.00 bits per heavy atom. The number of hydrogen-bond acceptors (Lipinski definition) is 5. The fraction of sp³-hybridized carbons (Fsp3) is 0.650. The molecule has 0 radical (unpaired) electrons. The van der Waals surface area contributed by atoms with E-state index in [-0.39, 0.29) is 24.0 Å². The van der Waals surface area contributed by atoms with Crippen LogP contribution in [0, 0.1) is 0 Å². The van der Waals surface area contributed by atoms with E-state index in [0.29, 0.717) is 6.04 Å². The van der Waals surface area contributed by atoms with Gasteiger partial charge in [-0.05, 0) is 44.1 Å². The van der Waals surface area contributed by atoms with Crippen molar-refractivity contribution < 1.29 is 0 Å². The van der Waals surface area contributed by atoms with E-state index in [4.69, 9.17) is 0 Å². The lowest BCUT2D eigenvalue weighted by molar-refractivity contribution is 0.460. The molecule has 0 aliphatic heterocycles. The van der Waals surface area contributed by atoms with Crippen LogP contribution >= 0.6 is 47.1 Å². The molecule has 0 atom stereocenters. The summed E-state index contributed by atoms with van der Waals surface area (Å²) < 4.78 is 2.40. The largest absolute Gasteiger partial charge is 0.356 e. The van der Waals surface area contributed by atoms with Crippen molar-refractivity contribution >= 4 is 53.0 Å². The second-order valence-electron chi connectivity index (χ2n) is 7.09. The quantitative estimate of drug-likeness (QED) is 0.157. The van der Waals surface area contributed by atoms with E-state index in [0.717, 1.165) is 49.3 Å². The molecule has 29 heavy (non-hydrogen) atoms. The minimum absolute atomic E-state index is 0. The molecule has 1 saturated carbocycles. The number of guanidine groups is 1. The number of aliphatic imine (C=N–C) groups is 1. The SMILES string of the molecule is CCc1ccc(CNC(=NC)NCCCc2nnc(SC)n2C2CCCC2)s1.I. The smallest absolute Gasteiger partial charge is 0.191 e. The van der Waals surface area contributed by atoms with Gasteiger partial charge in [-0.15, -0.1) is 45.5 Å². The van der Waals surface area contributed by atoms with Crippen LogP contribution in [0.1, 0.15) is 60.6 Å². The predicted molar refractivity (Wildman–Crippen MR) is 135 cm³/mol. The third-order valence-corrected chi connectivity index (χ3v) is 7.07. The van der Waals surface area contributed by atoms with Crippen LogP contribution in [-0.2, 0) is 19.4 Å². The zero-order chi connectivity index (χ0) is 19.8. The van der Waals surface area contributed by atoms with Crippen LogP contribution in [0.4, 0.5) is 0 Å². The molecule has 0 bridgehead atoms. The molecule has 0 saturated heterocycles. The van der Waals surface area contributed by atoms with Crippen molar-refractivity contribution in [2.75, 3.05) is 19.8 Å². The minimum Gasteiger partial charge on any atom is -0.356 e. The summed E-state index contributed by atoms with van der Waals surface area (Å²) in [4.78, 5) is 7.10. The number of nitrogens with one attached hydrogen (secondary N) is 2. The first kappa shape index (κ1) is 24.5. The average Bonchev–Trinajstić information content (AvgIpc) is 3.47. The molecule has 0 unspecified atom stereocenters. The Bertz CT molecular complexity index is 767. The average molecular weight is 549 g/mol. The van der Waals surface area contributed by atoms with Crippen LogP contribution in [0.15, 0.2) is 22.3 Å². The highest BCUT2D eigenvalue weighted by Crippen LogP contribution is 2.33. The zero-order valence-electron chi connectivity index (χ0n) is 17.6. The van der Waals surface area contributed by atoms with E-state index in [1.54, 1.807) is 11.8 Å². The molecule has 9 heteroatoms. The van der Waals surface area contributed by atoms with Crippen molar-refractivity contribution in [2.45, 2.75) is 69.6 Å². The summed E-state index contributed by atoms with van der Waals surface area (Å²) in [5.41, 5.74) is 0. The Kier molecular flexibility index (Phi) is 10.8. The first-order valence-electron chi connectivity index (χ1n) is 10.2. The van der Waals surface area contributed by atoms with Crippen LogP contribution in [0.5, 0.6) is 0 Å². The maximum atomic E-state index is 4.47. The van der Waals surface area contributed by atoms with Crippen LogP contribution in [0.25, 0.3) is 0 Å². The molecule has 2 N–H and O–H groups in total. The van der Waals surface area contributed by atoms with Gasteiger partial charge in [0.1, 0.15) is 5.82 Å². The van der Waals surface area contributed by atoms with Crippen molar-refractivity contribution in [1.29, 1.82) is 0 Å². The number of thioether (sulfide) groups is 1. The molecule has 1 fully saturated rings. The molecule has 0 spiro atoms. The molecule has 2 aromatic rings. The summed E-state index contributed by atoms with van der Waals surface area (Å²) in [6.45, 7) is 3.88. The number of hydrogen-bond donors (Lipinski definition) is 2. The van der Waals surface area contributed by atoms with Gasteiger partial charge in [-0.1, -0.05) is 31.5 Å². The third kappa shape index (κ3) is 6.85. The highest BCUT2D eigenvalue weighted by atomic mass is 127. The van der Waals surface area contributed by atoms with Gasteiger partial charge in [0.15, 0.2) is 11.1 Å². The van der Waals surface area contributed by atoms with Gasteiger partial charge in [0.05, 0.1) is 6.54 Å². The predicted octanol–water partition coefficient (Wildman–Crippen LogP) is 4.65. The Balaban J connectivity index is 0.00000300. The fourth-order valence-corrected chi connectivity index (χ4v) is 5.17. The molecule has 162 valence electrons. The van der Waals surface area contributed by atoms with Crippen LogP contribution in [0.2, 0.25) is 0 Å². The van der Waals surface area contributed by atoms with E-state index in [2.05, 4.69) is 55.7 Å². The zero-order valence-corrected chi connectivity index (χ0v) is 21.6. The molecule has 1 aliphatic carbocycles. The summed E-state index contributed by atoms with van der Waals surface area (Å²) in [7, 11) is 1.82. The Morgan fingerprint density at radius 1 is 1.24 bits per heavy atom. The van der Waals surface area contributed by atoms with Crippen LogP contribution in [-0.4, -0.2) is 40.6 Å². The Hall–Kier alpha value is -0.810.